The molecule has 1 atom stereocenters. The second kappa shape index (κ2) is 7.25. The standard InChI is InChI=1S/C19H19NO5/c1-23-14-7-5-6-13(10-14)11-18(21)20-12-17(19(22)24-2)25-16-9-4-3-8-15(16)20/h3-10,17H,11-12H2,1-2H3/t17-/m0/s1. The van der Waals surface area contributed by atoms with E-state index in [0.29, 0.717) is 17.2 Å². The normalized spacial score (nSPS) is 15.8. The van der Waals surface area contributed by atoms with Crippen LogP contribution in [-0.4, -0.2) is 38.7 Å². The van der Waals surface area contributed by atoms with Gasteiger partial charge in [-0.15, -0.1) is 0 Å². The minimum atomic E-state index is -0.839. The van der Waals surface area contributed by atoms with Crippen molar-refractivity contribution in [2.45, 2.75) is 12.5 Å². The number of hydrogen-bond donors (Lipinski definition) is 0. The molecule has 0 saturated carbocycles. The van der Waals surface area contributed by atoms with Crippen molar-refractivity contribution < 1.29 is 23.8 Å². The van der Waals surface area contributed by atoms with Crippen molar-refractivity contribution in [1.29, 1.82) is 0 Å². The SMILES string of the molecule is COC(=O)[C@@H]1CN(C(=O)Cc2cccc(OC)c2)c2ccccc2O1. The largest absolute Gasteiger partial charge is 0.497 e. The zero-order chi connectivity index (χ0) is 17.8. The summed E-state index contributed by atoms with van der Waals surface area (Å²) in [6.07, 6.45) is -0.645. The van der Waals surface area contributed by atoms with Crippen molar-refractivity contribution in [3.8, 4) is 11.5 Å². The number of rotatable bonds is 4. The number of carbonyl (C=O) groups excluding carboxylic acids is 2. The molecule has 0 saturated heterocycles. The Bertz CT molecular complexity index is 789. The van der Waals surface area contributed by atoms with Crippen LogP contribution in [0.5, 0.6) is 11.5 Å². The lowest BCUT2D eigenvalue weighted by atomic mass is 10.1. The average molecular weight is 341 g/mol. The molecule has 25 heavy (non-hydrogen) atoms. The number of nitrogens with zero attached hydrogens (tertiary/aromatic N) is 1. The van der Waals surface area contributed by atoms with E-state index in [1.807, 2.05) is 30.3 Å². The molecule has 1 heterocycles. The minimum absolute atomic E-state index is 0.118. The third-order valence-corrected chi connectivity index (χ3v) is 4.03. The first-order valence-electron chi connectivity index (χ1n) is 7.89. The first-order chi connectivity index (χ1) is 12.1. The first kappa shape index (κ1) is 16.8. The fourth-order valence-corrected chi connectivity index (χ4v) is 2.78. The van der Waals surface area contributed by atoms with Gasteiger partial charge < -0.3 is 19.1 Å². The summed E-state index contributed by atoms with van der Waals surface area (Å²) in [7, 11) is 2.88. The molecule has 0 aliphatic carbocycles. The fourth-order valence-electron chi connectivity index (χ4n) is 2.78. The lowest BCUT2D eigenvalue weighted by molar-refractivity contribution is -0.148. The van der Waals surface area contributed by atoms with Crippen LogP contribution in [0.4, 0.5) is 5.69 Å². The molecule has 0 spiro atoms. The summed E-state index contributed by atoms with van der Waals surface area (Å²) in [5.41, 5.74) is 1.48. The summed E-state index contributed by atoms with van der Waals surface area (Å²) >= 11 is 0. The smallest absolute Gasteiger partial charge is 0.348 e. The van der Waals surface area contributed by atoms with Crippen molar-refractivity contribution in [3.63, 3.8) is 0 Å². The molecule has 6 heteroatoms. The van der Waals surface area contributed by atoms with Crippen LogP contribution in [-0.2, 0) is 20.7 Å². The molecule has 0 aromatic heterocycles. The van der Waals surface area contributed by atoms with Crippen LogP contribution in [0.15, 0.2) is 48.5 Å². The van der Waals surface area contributed by atoms with E-state index in [4.69, 9.17) is 14.2 Å². The number of ether oxygens (including phenoxy) is 3. The summed E-state index contributed by atoms with van der Waals surface area (Å²) in [5, 5.41) is 0. The first-order valence-corrected chi connectivity index (χ1v) is 7.89. The third-order valence-electron chi connectivity index (χ3n) is 4.03. The van der Waals surface area contributed by atoms with Gasteiger partial charge in [-0.2, -0.15) is 0 Å². The number of para-hydroxylation sites is 2. The maximum absolute atomic E-state index is 12.9. The van der Waals surface area contributed by atoms with Gasteiger partial charge in [-0.1, -0.05) is 24.3 Å². The summed E-state index contributed by atoms with van der Waals surface area (Å²) < 4.78 is 15.6. The number of fused-ring (bicyclic) bond motifs is 1. The van der Waals surface area contributed by atoms with Crippen LogP contribution in [0.1, 0.15) is 5.56 Å². The molecule has 0 unspecified atom stereocenters. The number of esters is 1. The number of hydrogen-bond acceptors (Lipinski definition) is 5. The van der Waals surface area contributed by atoms with Crippen molar-refractivity contribution in [2.75, 3.05) is 25.7 Å². The van der Waals surface area contributed by atoms with E-state index in [2.05, 4.69) is 0 Å². The van der Waals surface area contributed by atoms with E-state index in [-0.39, 0.29) is 18.9 Å². The average Bonchev–Trinajstić information content (AvgIpc) is 2.66. The van der Waals surface area contributed by atoms with Gasteiger partial charge in [0.2, 0.25) is 12.0 Å². The maximum Gasteiger partial charge on any atom is 0.348 e. The molecule has 0 radical (unpaired) electrons. The number of anilines is 1. The van der Waals surface area contributed by atoms with E-state index in [0.717, 1.165) is 5.56 Å². The molecule has 1 aliphatic heterocycles. The number of benzene rings is 2. The highest BCUT2D eigenvalue weighted by molar-refractivity contribution is 5.98. The van der Waals surface area contributed by atoms with Gasteiger partial charge in [0.25, 0.3) is 0 Å². The molecule has 6 nitrogen and oxygen atoms in total. The minimum Gasteiger partial charge on any atom is -0.497 e. The van der Waals surface area contributed by atoms with Crippen LogP contribution in [0.25, 0.3) is 0 Å². The summed E-state index contributed by atoms with van der Waals surface area (Å²) in [5.74, 6) is 0.551. The number of methoxy groups -OCH3 is 2. The zero-order valence-electron chi connectivity index (χ0n) is 14.1. The Morgan fingerprint density at radius 3 is 2.72 bits per heavy atom. The van der Waals surface area contributed by atoms with E-state index in [1.165, 1.54) is 7.11 Å². The van der Waals surface area contributed by atoms with Gasteiger partial charge in [-0.05, 0) is 29.8 Å². The van der Waals surface area contributed by atoms with Gasteiger partial charge in [-0.3, -0.25) is 4.79 Å². The summed E-state index contributed by atoms with van der Waals surface area (Å²) in [6.45, 7) is 0.118. The van der Waals surface area contributed by atoms with Gasteiger partial charge in [-0.25, -0.2) is 4.79 Å². The molecule has 0 bridgehead atoms. The van der Waals surface area contributed by atoms with Gasteiger partial charge in [0, 0.05) is 0 Å². The van der Waals surface area contributed by atoms with Crippen molar-refractivity contribution in [3.05, 3.63) is 54.1 Å². The second-order valence-corrected chi connectivity index (χ2v) is 5.63. The monoisotopic (exact) mass is 341 g/mol. The van der Waals surface area contributed by atoms with Crippen molar-refractivity contribution in [2.24, 2.45) is 0 Å². The predicted octanol–water partition coefficient (Wildman–Crippen LogP) is 2.20. The Morgan fingerprint density at radius 2 is 1.96 bits per heavy atom. The summed E-state index contributed by atoms with van der Waals surface area (Å²) in [6, 6.07) is 14.5. The van der Waals surface area contributed by atoms with Crippen LogP contribution in [0.3, 0.4) is 0 Å². The van der Waals surface area contributed by atoms with Crippen LogP contribution in [0, 0.1) is 0 Å². The molecule has 2 aromatic rings. The van der Waals surface area contributed by atoms with Crippen LogP contribution < -0.4 is 14.4 Å². The highest BCUT2D eigenvalue weighted by Crippen LogP contribution is 2.33. The Hall–Kier alpha value is -3.02. The molecular weight excluding hydrogens is 322 g/mol. The molecular formula is C19H19NO5. The molecule has 3 rings (SSSR count). The molecule has 0 N–H and O–H groups in total. The van der Waals surface area contributed by atoms with Crippen molar-refractivity contribution >= 4 is 17.6 Å². The van der Waals surface area contributed by atoms with E-state index >= 15 is 0 Å². The lowest BCUT2D eigenvalue weighted by Crippen LogP contribution is -2.48. The fraction of sp³-hybridized carbons (Fsp3) is 0.263. The van der Waals surface area contributed by atoms with E-state index < -0.39 is 12.1 Å². The summed E-state index contributed by atoms with van der Waals surface area (Å²) in [4.78, 5) is 26.3. The highest BCUT2D eigenvalue weighted by atomic mass is 16.6. The molecule has 130 valence electrons. The van der Waals surface area contributed by atoms with Gasteiger partial charge in [0.05, 0.1) is 32.9 Å². The Morgan fingerprint density at radius 1 is 1.16 bits per heavy atom. The Labute approximate surface area is 145 Å². The van der Waals surface area contributed by atoms with E-state index in [1.54, 1.807) is 30.2 Å². The van der Waals surface area contributed by atoms with Gasteiger partial charge in [0.1, 0.15) is 11.5 Å². The maximum atomic E-state index is 12.9. The molecule has 1 aliphatic rings. The van der Waals surface area contributed by atoms with Gasteiger partial charge in [0.15, 0.2) is 0 Å². The molecule has 0 fully saturated rings. The number of carbonyl (C=O) groups is 2. The Kier molecular flexibility index (Phi) is 4.88. The quantitative estimate of drug-likeness (QED) is 0.798. The van der Waals surface area contributed by atoms with Crippen molar-refractivity contribution in [1.82, 2.24) is 0 Å². The van der Waals surface area contributed by atoms with E-state index in [9.17, 15) is 9.59 Å². The Balaban J connectivity index is 1.86. The number of amides is 1. The zero-order valence-corrected chi connectivity index (χ0v) is 14.1. The predicted molar refractivity (Wildman–Crippen MR) is 91.9 cm³/mol. The topological polar surface area (TPSA) is 65.1 Å². The van der Waals surface area contributed by atoms with Crippen LogP contribution in [0.2, 0.25) is 0 Å². The second-order valence-electron chi connectivity index (χ2n) is 5.63. The molecule has 1 amide bonds. The van der Waals surface area contributed by atoms with Gasteiger partial charge >= 0.3 is 5.97 Å². The third kappa shape index (κ3) is 3.57. The molecule has 2 aromatic carbocycles. The van der Waals surface area contributed by atoms with Crippen LogP contribution >= 0.6 is 0 Å². The highest BCUT2D eigenvalue weighted by Gasteiger charge is 2.34. The lowest BCUT2D eigenvalue weighted by Gasteiger charge is -2.33.